The minimum absolute atomic E-state index is 0.0162. The van der Waals surface area contributed by atoms with Gasteiger partial charge in [0.1, 0.15) is 0 Å². The van der Waals surface area contributed by atoms with Gasteiger partial charge >= 0.3 is 24.7 Å². The number of aromatic nitrogens is 3. The zero-order chi connectivity index (χ0) is 50.0. The van der Waals surface area contributed by atoms with Crippen molar-refractivity contribution in [3.05, 3.63) is 210 Å². The number of rotatable bonds is 7. The molecule has 0 saturated heterocycles. The summed E-state index contributed by atoms with van der Waals surface area (Å²) in [7, 11) is 0. The summed E-state index contributed by atoms with van der Waals surface area (Å²) in [4.78, 5) is 9.70. The average molecular weight is 974 g/mol. The van der Waals surface area contributed by atoms with Crippen LogP contribution < -0.4 is 0 Å². The van der Waals surface area contributed by atoms with Crippen LogP contribution in [0.15, 0.2) is 188 Å². The first-order chi connectivity index (χ1) is 33.8. The van der Waals surface area contributed by atoms with E-state index in [4.69, 9.17) is 9.97 Å². The van der Waals surface area contributed by atoms with Crippen molar-refractivity contribution in [1.29, 1.82) is 0 Å². The lowest BCUT2D eigenvalue weighted by molar-refractivity contribution is -0.143. The van der Waals surface area contributed by atoms with E-state index in [1.807, 2.05) is 0 Å². The zero-order valence-corrected chi connectivity index (χ0v) is 36.3. The van der Waals surface area contributed by atoms with Gasteiger partial charge in [0.15, 0.2) is 5.82 Å². The highest BCUT2D eigenvalue weighted by Gasteiger charge is 2.40. The average Bonchev–Trinajstić information content (AvgIpc) is 3.68. The minimum Gasteiger partial charge on any atom is -0.308 e. The molecule has 0 unspecified atom stereocenters. The largest absolute Gasteiger partial charge is 0.417 e. The van der Waals surface area contributed by atoms with Crippen molar-refractivity contribution in [3.8, 4) is 73.0 Å². The van der Waals surface area contributed by atoms with Crippen molar-refractivity contribution in [1.82, 2.24) is 14.5 Å². The minimum atomic E-state index is -5.24. The van der Waals surface area contributed by atoms with Crippen LogP contribution in [0.25, 0.3) is 94.8 Å². The molecular formula is C56H31F12N3. The van der Waals surface area contributed by atoms with Crippen LogP contribution in [0.5, 0.6) is 0 Å². The molecule has 0 aliphatic rings. The van der Waals surface area contributed by atoms with E-state index >= 15 is 26.3 Å². The molecule has 15 heteroatoms. The van der Waals surface area contributed by atoms with E-state index in [9.17, 15) is 26.3 Å². The van der Waals surface area contributed by atoms with Gasteiger partial charge in [-0.1, -0.05) is 127 Å². The van der Waals surface area contributed by atoms with E-state index in [0.29, 0.717) is 34.3 Å². The van der Waals surface area contributed by atoms with Gasteiger partial charge in [0.25, 0.3) is 0 Å². The molecule has 354 valence electrons. The topological polar surface area (TPSA) is 30.7 Å². The van der Waals surface area contributed by atoms with Gasteiger partial charge in [-0.05, 0) is 82.9 Å². The number of benzene rings is 8. The number of nitrogens with zero attached hydrogens (tertiary/aromatic N) is 3. The molecule has 0 aliphatic carbocycles. The maximum absolute atomic E-state index is 15.4. The first kappa shape index (κ1) is 46.5. The number of hydrogen-bond acceptors (Lipinski definition) is 2. The van der Waals surface area contributed by atoms with E-state index < -0.39 is 63.6 Å². The summed E-state index contributed by atoms with van der Waals surface area (Å²) in [6, 6.07) is 42.7. The Morgan fingerprint density at radius 2 is 0.803 bits per heavy atom. The van der Waals surface area contributed by atoms with Crippen LogP contribution >= 0.6 is 0 Å². The number of hydrogen-bond donors (Lipinski definition) is 0. The van der Waals surface area contributed by atoms with Gasteiger partial charge in [-0.2, -0.15) is 52.7 Å². The molecule has 0 aliphatic heterocycles. The molecule has 2 aromatic heterocycles. The van der Waals surface area contributed by atoms with Gasteiger partial charge in [-0.15, -0.1) is 0 Å². The van der Waals surface area contributed by atoms with Gasteiger partial charge in [-0.3, -0.25) is 0 Å². The molecule has 0 radical (unpaired) electrons. The summed E-state index contributed by atoms with van der Waals surface area (Å²) in [6.07, 6.45) is -20.3. The van der Waals surface area contributed by atoms with Gasteiger partial charge in [0.2, 0.25) is 0 Å². The summed E-state index contributed by atoms with van der Waals surface area (Å²) in [5.41, 5.74) is -5.29. The molecule has 0 saturated carbocycles. The fourth-order valence-electron chi connectivity index (χ4n) is 9.02. The van der Waals surface area contributed by atoms with Crippen molar-refractivity contribution in [2.45, 2.75) is 24.7 Å². The predicted molar refractivity (Wildman–Crippen MR) is 249 cm³/mol. The van der Waals surface area contributed by atoms with Gasteiger partial charge < -0.3 is 4.57 Å². The molecular weight excluding hydrogens is 943 g/mol. The molecule has 10 aromatic rings. The van der Waals surface area contributed by atoms with Crippen LogP contribution in [-0.4, -0.2) is 14.5 Å². The summed E-state index contributed by atoms with van der Waals surface area (Å²) in [5.74, 6) is 0.209. The maximum atomic E-state index is 15.4. The lowest BCUT2D eigenvalue weighted by Gasteiger charge is -2.24. The van der Waals surface area contributed by atoms with Crippen molar-refractivity contribution in [2.24, 2.45) is 0 Å². The molecule has 0 fully saturated rings. The lowest BCUT2D eigenvalue weighted by atomic mass is 9.88. The monoisotopic (exact) mass is 973 g/mol. The van der Waals surface area contributed by atoms with E-state index in [2.05, 4.69) is 0 Å². The second-order valence-electron chi connectivity index (χ2n) is 16.5. The van der Waals surface area contributed by atoms with Gasteiger partial charge in [0.05, 0.1) is 50.4 Å². The second-order valence-corrected chi connectivity index (χ2v) is 16.5. The quantitative estimate of drug-likeness (QED) is 0.149. The molecule has 0 bridgehead atoms. The smallest absolute Gasteiger partial charge is 0.308 e. The number of para-hydroxylation sites is 1. The number of fused-ring (bicyclic) bond motifs is 3. The Balaban J connectivity index is 1.35. The highest BCUT2D eigenvalue weighted by atomic mass is 19.4. The Labute approximate surface area is 395 Å². The van der Waals surface area contributed by atoms with Crippen molar-refractivity contribution < 1.29 is 52.7 Å². The summed E-state index contributed by atoms with van der Waals surface area (Å²) in [5, 5.41) is 0.505. The lowest BCUT2D eigenvalue weighted by Crippen LogP contribution is -2.12. The predicted octanol–water partition coefficient (Wildman–Crippen LogP) is 17.7. The van der Waals surface area contributed by atoms with Crippen LogP contribution in [0.3, 0.4) is 0 Å². The van der Waals surface area contributed by atoms with E-state index in [1.54, 1.807) is 91.0 Å². The molecule has 0 atom stereocenters. The normalized spacial score (nSPS) is 12.5. The molecule has 71 heavy (non-hydrogen) atoms. The third-order valence-electron chi connectivity index (χ3n) is 12.1. The van der Waals surface area contributed by atoms with E-state index in [0.717, 1.165) is 12.1 Å². The summed E-state index contributed by atoms with van der Waals surface area (Å²) < 4.78 is 178. The highest BCUT2D eigenvalue weighted by Crippen LogP contribution is 2.50. The van der Waals surface area contributed by atoms with Gasteiger partial charge in [-0.25, -0.2) is 9.97 Å². The summed E-state index contributed by atoms with van der Waals surface area (Å²) >= 11 is 0. The highest BCUT2D eigenvalue weighted by molar-refractivity contribution is 6.12. The number of halogens is 12. The first-order valence-electron chi connectivity index (χ1n) is 21.6. The van der Waals surface area contributed by atoms with Crippen molar-refractivity contribution in [2.75, 3.05) is 0 Å². The van der Waals surface area contributed by atoms with Crippen molar-refractivity contribution >= 4 is 21.8 Å². The Kier molecular flexibility index (Phi) is 11.4. The van der Waals surface area contributed by atoms with Crippen molar-refractivity contribution in [3.63, 3.8) is 0 Å². The fourth-order valence-corrected chi connectivity index (χ4v) is 9.02. The van der Waals surface area contributed by atoms with E-state index in [-0.39, 0.29) is 61.9 Å². The molecule has 2 heterocycles. The Hall–Kier alpha value is -8.20. The maximum Gasteiger partial charge on any atom is 0.417 e. The standard InChI is InChI=1S/C56H31F12N3/c57-53(58,59)36-24-25-37(46(30-36)56(66,67)68)34-23-26-50-41(27-34)40-19-9-12-22-49(40)71(50)51-42(38-17-7-10-20-44(38)54(60,61)62)28-35(29-43(51)39-18-8-11-21-45(39)55(63,64)65)48-31-47(32-13-3-1-4-14-32)69-52(70-48)33-15-5-2-6-16-33/h1-31H. The molecule has 10 rings (SSSR count). The third kappa shape index (κ3) is 8.76. The molecule has 0 spiro atoms. The number of alkyl halides is 12. The molecule has 0 amide bonds. The zero-order valence-electron chi connectivity index (χ0n) is 36.3. The second kappa shape index (κ2) is 17.3. The first-order valence-corrected chi connectivity index (χ1v) is 21.6. The van der Waals surface area contributed by atoms with Crippen LogP contribution in [0, 0.1) is 0 Å². The Bertz CT molecular complexity index is 3510. The molecule has 0 N–H and O–H groups in total. The molecule has 3 nitrogen and oxygen atoms in total. The van der Waals surface area contributed by atoms with E-state index in [1.165, 1.54) is 71.3 Å². The molecule has 8 aromatic carbocycles. The SMILES string of the molecule is FC(F)(F)c1ccc(-c2ccc3c(c2)c2ccccc2n3-c2c(-c3ccccc3C(F)(F)F)cc(-c3cc(-c4ccccc4)nc(-c4ccccc4)n3)cc2-c2ccccc2C(F)(F)F)c(C(F)(F)F)c1. The van der Waals surface area contributed by atoms with Crippen LogP contribution in [0.1, 0.15) is 22.3 Å². The van der Waals surface area contributed by atoms with Crippen LogP contribution in [0.4, 0.5) is 52.7 Å². The summed E-state index contributed by atoms with van der Waals surface area (Å²) in [6.45, 7) is 0. The Morgan fingerprint density at radius 3 is 1.37 bits per heavy atom. The van der Waals surface area contributed by atoms with Crippen LogP contribution in [-0.2, 0) is 24.7 Å². The van der Waals surface area contributed by atoms with Crippen LogP contribution in [0.2, 0.25) is 0 Å². The third-order valence-corrected chi connectivity index (χ3v) is 12.1. The Morgan fingerprint density at radius 1 is 0.310 bits per heavy atom. The van der Waals surface area contributed by atoms with Gasteiger partial charge in [0, 0.05) is 38.6 Å². The fraction of sp³-hybridized carbons (Fsp3) is 0.0714.